The van der Waals surface area contributed by atoms with Gasteiger partial charge in [-0.15, -0.1) is 0 Å². The van der Waals surface area contributed by atoms with E-state index in [4.69, 9.17) is 10.5 Å². The molecule has 18 heavy (non-hydrogen) atoms. The van der Waals surface area contributed by atoms with Gasteiger partial charge in [-0.3, -0.25) is 4.79 Å². The Morgan fingerprint density at radius 2 is 2.44 bits per heavy atom. The van der Waals surface area contributed by atoms with Gasteiger partial charge in [0.25, 0.3) is 0 Å². The molecule has 0 radical (unpaired) electrons. The number of hydrogen-bond donors (Lipinski definition) is 2. The van der Waals surface area contributed by atoms with Crippen molar-refractivity contribution in [2.75, 3.05) is 11.9 Å². The Morgan fingerprint density at radius 3 is 3.11 bits per heavy atom. The minimum absolute atomic E-state index is 0.0304. The van der Waals surface area contributed by atoms with Gasteiger partial charge in [-0.05, 0) is 31.9 Å². The van der Waals surface area contributed by atoms with Crippen LogP contribution >= 0.6 is 0 Å². The fourth-order valence-corrected chi connectivity index (χ4v) is 2.28. The molecule has 2 atom stereocenters. The Morgan fingerprint density at radius 1 is 1.61 bits per heavy atom. The number of nitrogens with one attached hydrogen (secondary N) is 1. The number of amides is 1. The molecule has 0 spiro atoms. The second kappa shape index (κ2) is 5.82. The van der Waals surface area contributed by atoms with Crippen LogP contribution in [0.3, 0.4) is 0 Å². The van der Waals surface area contributed by atoms with Crippen LogP contribution in [0.5, 0.6) is 5.88 Å². The van der Waals surface area contributed by atoms with E-state index >= 15 is 0 Å². The molecule has 5 nitrogen and oxygen atoms in total. The van der Waals surface area contributed by atoms with Crippen LogP contribution in [0.4, 0.5) is 5.69 Å². The Hall–Kier alpha value is -1.62. The van der Waals surface area contributed by atoms with Gasteiger partial charge in [0.15, 0.2) is 0 Å². The van der Waals surface area contributed by atoms with Crippen molar-refractivity contribution in [2.24, 2.45) is 11.7 Å². The molecule has 1 aromatic rings. The first kappa shape index (κ1) is 12.8. The predicted octanol–water partition coefficient (Wildman–Crippen LogP) is 1.55. The summed E-state index contributed by atoms with van der Waals surface area (Å²) < 4.78 is 5.37. The van der Waals surface area contributed by atoms with Crippen molar-refractivity contribution in [1.29, 1.82) is 0 Å². The Labute approximate surface area is 107 Å². The maximum atomic E-state index is 12.1. The highest BCUT2D eigenvalue weighted by Gasteiger charge is 2.30. The molecule has 1 saturated carbocycles. The van der Waals surface area contributed by atoms with Gasteiger partial charge in [0, 0.05) is 12.2 Å². The standard InChI is InChI=1S/C13H19N3O2/c1-2-18-13-11(7-4-8-15-13)16-12(17)9-5-3-6-10(9)14/h4,7-10H,2-3,5-6,14H2,1H3,(H,16,17). The molecule has 3 N–H and O–H groups in total. The first-order valence-corrected chi connectivity index (χ1v) is 6.36. The van der Waals surface area contributed by atoms with E-state index < -0.39 is 0 Å². The summed E-state index contributed by atoms with van der Waals surface area (Å²) in [4.78, 5) is 16.2. The van der Waals surface area contributed by atoms with E-state index in [1.54, 1.807) is 18.3 Å². The van der Waals surface area contributed by atoms with Crippen LogP contribution in [0.25, 0.3) is 0 Å². The average Bonchev–Trinajstić information content (AvgIpc) is 2.78. The monoisotopic (exact) mass is 249 g/mol. The van der Waals surface area contributed by atoms with Crippen molar-refractivity contribution >= 4 is 11.6 Å². The topological polar surface area (TPSA) is 77.2 Å². The van der Waals surface area contributed by atoms with Gasteiger partial charge < -0.3 is 15.8 Å². The normalized spacial score (nSPS) is 22.8. The maximum Gasteiger partial charge on any atom is 0.237 e. The number of anilines is 1. The molecule has 0 aromatic carbocycles. The highest BCUT2D eigenvalue weighted by Crippen LogP contribution is 2.27. The summed E-state index contributed by atoms with van der Waals surface area (Å²) in [7, 11) is 0. The molecular formula is C13H19N3O2. The summed E-state index contributed by atoms with van der Waals surface area (Å²) in [6.07, 6.45) is 4.44. The van der Waals surface area contributed by atoms with Crippen LogP contribution in [-0.2, 0) is 4.79 Å². The molecule has 1 aliphatic rings. The van der Waals surface area contributed by atoms with Crippen molar-refractivity contribution in [3.63, 3.8) is 0 Å². The zero-order valence-corrected chi connectivity index (χ0v) is 10.6. The van der Waals surface area contributed by atoms with E-state index in [9.17, 15) is 4.79 Å². The molecule has 1 fully saturated rings. The van der Waals surface area contributed by atoms with Crippen molar-refractivity contribution in [2.45, 2.75) is 32.2 Å². The predicted molar refractivity (Wildman–Crippen MR) is 69.4 cm³/mol. The van der Waals surface area contributed by atoms with E-state index in [0.29, 0.717) is 18.2 Å². The maximum absolute atomic E-state index is 12.1. The Balaban J connectivity index is 2.06. The second-order valence-electron chi connectivity index (χ2n) is 4.48. The molecule has 98 valence electrons. The summed E-state index contributed by atoms with van der Waals surface area (Å²) in [5, 5.41) is 2.86. The van der Waals surface area contributed by atoms with Gasteiger partial charge in [0.1, 0.15) is 5.69 Å². The van der Waals surface area contributed by atoms with Crippen LogP contribution in [0.15, 0.2) is 18.3 Å². The number of nitrogens with zero attached hydrogens (tertiary/aromatic N) is 1. The van der Waals surface area contributed by atoms with Crippen LogP contribution < -0.4 is 15.8 Å². The summed E-state index contributed by atoms with van der Waals surface area (Å²) in [6.45, 7) is 2.40. The van der Waals surface area contributed by atoms with Gasteiger partial charge in [-0.1, -0.05) is 6.42 Å². The summed E-state index contributed by atoms with van der Waals surface area (Å²) in [5.41, 5.74) is 6.54. The zero-order chi connectivity index (χ0) is 13.0. The van der Waals surface area contributed by atoms with Crippen molar-refractivity contribution in [3.05, 3.63) is 18.3 Å². The van der Waals surface area contributed by atoms with Crippen molar-refractivity contribution in [3.8, 4) is 5.88 Å². The van der Waals surface area contributed by atoms with E-state index in [1.165, 1.54) is 0 Å². The quantitative estimate of drug-likeness (QED) is 0.848. The molecule has 5 heteroatoms. The number of ether oxygens (including phenoxy) is 1. The highest BCUT2D eigenvalue weighted by molar-refractivity contribution is 5.94. The lowest BCUT2D eigenvalue weighted by atomic mass is 10.0. The van der Waals surface area contributed by atoms with Crippen molar-refractivity contribution in [1.82, 2.24) is 4.98 Å². The van der Waals surface area contributed by atoms with E-state index in [2.05, 4.69) is 10.3 Å². The Kier molecular flexibility index (Phi) is 4.15. The van der Waals surface area contributed by atoms with E-state index in [0.717, 1.165) is 19.3 Å². The number of aromatic nitrogens is 1. The lowest BCUT2D eigenvalue weighted by Gasteiger charge is -2.16. The SMILES string of the molecule is CCOc1ncccc1NC(=O)C1CCCC1N. The minimum atomic E-state index is -0.0975. The lowest BCUT2D eigenvalue weighted by molar-refractivity contribution is -0.120. The number of hydrogen-bond acceptors (Lipinski definition) is 4. The smallest absolute Gasteiger partial charge is 0.237 e. The fraction of sp³-hybridized carbons (Fsp3) is 0.538. The largest absolute Gasteiger partial charge is 0.476 e. The third kappa shape index (κ3) is 2.79. The molecule has 0 bridgehead atoms. The molecule has 2 unspecified atom stereocenters. The first-order valence-electron chi connectivity index (χ1n) is 6.36. The molecule has 1 amide bonds. The summed E-state index contributed by atoms with van der Waals surface area (Å²) in [5.74, 6) is 0.327. The highest BCUT2D eigenvalue weighted by atomic mass is 16.5. The second-order valence-corrected chi connectivity index (χ2v) is 4.48. The summed E-state index contributed by atoms with van der Waals surface area (Å²) >= 11 is 0. The van der Waals surface area contributed by atoms with Gasteiger partial charge >= 0.3 is 0 Å². The van der Waals surface area contributed by atoms with Crippen LogP contribution in [-0.4, -0.2) is 23.5 Å². The number of carbonyl (C=O) groups is 1. The fourth-order valence-electron chi connectivity index (χ4n) is 2.28. The average molecular weight is 249 g/mol. The minimum Gasteiger partial charge on any atom is -0.476 e. The number of rotatable bonds is 4. The third-order valence-electron chi connectivity index (χ3n) is 3.22. The summed E-state index contributed by atoms with van der Waals surface area (Å²) in [6, 6.07) is 3.53. The van der Waals surface area contributed by atoms with Gasteiger partial charge in [-0.25, -0.2) is 4.98 Å². The van der Waals surface area contributed by atoms with Crippen LogP contribution in [0, 0.1) is 5.92 Å². The molecule has 0 saturated heterocycles. The zero-order valence-electron chi connectivity index (χ0n) is 10.6. The number of pyridine rings is 1. The molecular weight excluding hydrogens is 230 g/mol. The molecule has 1 aliphatic carbocycles. The lowest BCUT2D eigenvalue weighted by Crippen LogP contribution is -2.34. The Bertz CT molecular complexity index is 422. The molecule has 1 aromatic heterocycles. The molecule has 2 rings (SSSR count). The molecule has 1 heterocycles. The third-order valence-corrected chi connectivity index (χ3v) is 3.22. The van der Waals surface area contributed by atoms with E-state index in [-0.39, 0.29) is 17.9 Å². The van der Waals surface area contributed by atoms with Gasteiger partial charge in [-0.2, -0.15) is 0 Å². The van der Waals surface area contributed by atoms with Crippen LogP contribution in [0.2, 0.25) is 0 Å². The molecule has 0 aliphatic heterocycles. The number of nitrogens with two attached hydrogens (primary N) is 1. The van der Waals surface area contributed by atoms with Gasteiger partial charge in [0.05, 0.1) is 12.5 Å². The van der Waals surface area contributed by atoms with Crippen LogP contribution in [0.1, 0.15) is 26.2 Å². The van der Waals surface area contributed by atoms with Gasteiger partial charge in [0.2, 0.25) is 11.8 Å². The van der Waals surface area contributed by atoms with Crippen molar-refractivity contribution < 1.29 is 9.53 Å². The first-order chi connectivity index (χ1) is 8.72. The number of carbonyl (C=O) groups excluding carboxylic acids is 1. The van der Waals surface area contributed by atoms with E-state index in [1.807, 2.05) is 6.92 Å².